The van der Waals surface area contributed by atoms with Crippen LogP contribution in [0.25, 0.3) is 11.1 Å². The van der Waals surface area contributed by atoms with Gasteiger partial charge in [0.1, 0.15) is 0 Å². The standard InChI is InChI=1S/C20H22N2O.ClH/c21-16-6-3-5-14(11-16)20(23)22-17-8-9-19-15(12-17)10-13-4-1-2-7-18(13)19;/h1-2,4,7-9,12,14,16H,3,5-6,10-11,21H2,(H,22,23);1H. The SMILES string of the molecule is Cl.NC1CCCC(C(=O)Nc2ccc3c(c2)Cc2ccccc2-3)C1. The smallest absolute Gasteiger partial charge is 0.227 e. The Morgan fingerprint density at radius 1 is 1.04 bits per heavy atom. The number of halogens is 1. The summed E-state index contributed by atoms with van der Waals surface area (Å²) < 4.78 is 0. The highest BCUT2D eigenvalue weighted by atomic mass is 35.5. The zero-order valence-electron chi connectivity index (χ0n) is 13.6. The van der Waals surface area contributed by atoms with Crippen molar-refractivity contribution in [2.75, 3.05) is 5.32 Å². The van der Waals surface area contributed by atoms with Gasteiger partial charge < -0.3 is 11.1 Å². The lowest BCUT2D eigenvalue weighted by atomic mass is 9.85. The van der Waals surface area contributed by atoms with Gasteiger partial charge in [-0.25, -0.2) is 0 Å². The van der Waals surface area contributed by atoms with Gasteiger partial charge in [-0.2, -0.15) is 0 Å². The van der Waals surface area contributed by atoms with Crippen molar-refractivity contribution in [1.29, 1.82) is 0 Å². The van der Waals surface area contributed by atoms with E-state index in [2.05, 4.69) is 41.7 Å². The maximum Gasteiger partial charge on any atom is 0.227 e. The highest BCUT2D eigenvalue weighted by Gasteiger charge is 2.26. The molecule has 0 aromatic heterocycles. The highest BCUT2D eigenvalue weighted by molar-refractivity contribution is 5.93. The van der Waals surface area contributed by atoms with Crippen molar-refractivity contribution in [3.05, 3.63) is 53.6 Å². The molecule has 0 spiro atoms. The summed E-state index contributed by atoms with van der Waals surface area (Å²) in [4.78, 5) is 12.5. The Balaban J connectivity index is 0.00000169. The van der Waals surface area contributed by atoms with Gasteiger partial charge in [-0.05, 0) is 60.1 Å². The fourth-order valence-electron chi connectivity index (χ4n) is 3.93. The summed E-state index contributed by atoms with van der Waals surface area (Å²) in [5, 5.41) is 3.09. The van der Waals surface area contributed by atoms with Crippen molar-refractivity contribution >= 4 is 24.0 Å². The van der Waals surface area contributed by atoms with Crippen LogP contribution in [0.4, 0.5) is 5.69 Å². The van der Waals surface area contributed by atoms with Crippen molar-refractivity contribution in [3.8, 4) is 11.1 Å². The molecule has 0 saturated heterocycles. The number of carbonyl (C=O) groups excluding carboxylic acids is 1. The maximum absolute atomic E-state index is 12.5. The van der Waals surface area contributed by atoms with Gasteiger partial charge in [-0.1, -0.05) is 36.8 Å². The molecule has 3 nitrogen and oxygen atoms in total. The van der Waals surface area contributed by atoms with Crippen LogP contribution in [0.5, 0.6) is 0 Å². The lowest BCUT2D eigenvalue weighted by Crippen LogP contribution is -2.34. The van der Waals surface area contributed by atoms with Gasteiger partial charge in [0.2, 0.25) is 5.91 Å². The Hall–Kier alpha value is -1.84. The van der Waals surface area contributed by atoms with E-state index in [0.717, 1.165) is 37.8 Å². The molecule has 1 saturated carbocycles. The van der Waals surface area contributed by atoms with Crippen molar-refractivity contribution in [2.45, 2.75) is 38.1 Å². The first-order valence-electron chi connectivity index (χ1n) is 8.48. The summed E-state index contributed by atoms with van der Waals surface area (Å²) in [7, 11) is 0. The van der Waals surface area contributed by atoms with E-state index in [9.17, 15) is 4.79 Å². The molecule has 0 bridgehead atoms. The number of hydrogen-bond donors (Lipinski definition) is 2. The molecule has 3 N–H and O–H groups in total. The lowest BCUT2D eigenvalue weighted by Gasteiger charge is -2.25. The number of anilines is 1. The number of fused-ring (bicyclic) bond motifs is 3. The van der Waals surface area contributed by atoms with E-state index in [0.29, 0.717) is 0 Å². The Morgan fingerprint density at radius 3 is 2.67 bits per heavy atom. The van der Waals surface area contributed by atoms with E-state index in [-0.39, 0.29) is 30.3 Å². The molecule has 0 heterocycles. The van der Waals surface area contributed by atoms with E-state index in [4.69, 9.17) is 5.73 Å². The van der Waals surface area contributed by atoms with Crippen LogP contribution < -0.4 is 11.1 Å². The van der Waals surface area contributed by atoms with Gasteiger partial charge in [0.15, 0.2) is 0 Å². The third-order valence-corrected chi connectivity index (χ3v) is 5.15. The van der Waals surface area contributed by atoms with Crippen molar-refractivity contribution in [2.24, 2.45) is 11.7 Å². The molecule has 24 heavy (non-hydrogen) atoms. The molecule has 0 radical (unpaired) electrons. The van der Waals surface area contributed by atoms with E-state index in [1.807, 2.05) is 6.07 Å². The summed E-state index contributed by atoms with van der Waals surface area (Å²) in [6.07, 6.45) is 4.81. The minimum Gasteiger partial charge on any atom is -0.328 e. The Kier molecular flexibility index (Phi) is 4.93. The minimum atomic E-state index is 0. The first-order valence-corrected chi connectivity index (χ1v) is 8.48. The zero-order valence-corrected chi connectivity index (χ0v) is 14.4. The largest absolute Gasteiger partial charge is 0.328 e. The molecule has 4 heteroatoms. The second-order valence-electron chi connectivity index (χ2n) is 6.82. The minimum absolute atomic E-state index is 0. The quantitative estimate of drug-likeness (QED) is 0.735. The Bertz CT molecular complexity index is 759. The average molecular weight is 343 g/mol. The van der Waals surface area contributed by atoms with Crippen molar-refractivity contribution in [3.63, 3.8) is 0 Å². The number of rotatable bonds is 2. The summed E-state index contributed by atoms with van der Waals surface area (Å²) in [5.41, 5.74) is 12.2. The monoisotopic (exact) mass is 342 g/mol. The molecule has 2 aliphatic rings. The molecular weight excluding hydrogens is 320 g/mol. The molecule has 2 atom stereocenters. The van der Waals surface area contributed by atoms with Crippen LogP contribution in [0.1, 0.15) is 36.8 Å². The van der Waals surface area contributed by atoms with Crippen LogP contribution in [0.15, 0.2) is 42.5 Å². The number of benzene rings is 2. The number of nitrogens with two attached hydrogens (primary N) is 1. The molecule has 2 unspecified atom stereocenters. The van der Waals surface area contributed by atoms with Crippen LogP contribution in [-0.4, -0.2) is 11.9 Å². The summed E-state index contributed by atoms with van der Waals surface area (Å²) in [5.74, 6) is 0.180. The fraction of sp³-hybridized carbons (Fsp3) is 0.350. The van der Waals surface area contributed by atoms with E-state index in [1.54, 1.807) is 0 Å². The first kappa shape index (κ1) is 17.0. The molecular formula is C20H23ClN2O. The normalized spacial score (nSPS) is 21.4. The number of amides is 1. The summed E-state index contributed by atoms with van der Waals surface area (Å²) in [6, 6.07) is 14.9. The predicted molar refractivity (Wildman–Crippen MR) is 100 cm³/mol. The average Bonchev–Trinajstić information content (AvgIpc) is 2.92. The summed E-state index contributed by atoms with van der Waals surface area (Å²) >= 11 is 0. The van der Waals surface area contributed by atoms with Crippen LogP contribution in [0.3, 0.4) is 0 Å². The van der Waals surface area contributed by atoms with Crippen molar-refractivity contribution in [1.82, 2.24) is 0 Å². The molecule has 2 aliphatic carbocycles. The number of carbonyl (C=O) groups is 1. The molecule has 0 aliphatic heterocycles. The van der Waals surface area contributed by atoms with Gasteiger partial charge in [-0.3, -0.25) is 4.79 Å². The Morgan fingerprint density at radius 2 is 1.83 bits per heavy atom. The van der Waals surface area contributed by atoms with Gasteiger partial charge in [0.05, 0.1) is 0 Å². The third-order valence-electron chi connectivity index (χ3n) is 5.15. The van der Waals surface area contributed by atoms with Gasteiger partial charge in [0.25, 0.3) is 0 Å². The summed E-state index contributed by atoms with van der Waals surface area (Å²) in [6.45, 7) is 0. The van der Waals surface area contributed by atoms with Crippen LogP contribution in [0, 0.1) is 5.92 Å². The third kappa shape index (κ3) is 3.19. The Labute approximate surface area is 149 Å². The zero-order chi connectivity index (χ0) is 15.8. The van der Waals surface area contributed by atoms with E-state index >= 15 is 0 Å². The highest BCUT2D eigenvalue weighted by Crippen LogP contribution is 2.37. The molecule has 2 aromatic rings. The molecule has 1 fully saturated rings. The van der Waals surface area contributed by atoms with Gasteiger partial charge in [0, 0.05) is 17.6 Å². The van der Waals surface area contributed by atoms with Gasteiger partial charge in [-0.15, -0.1) is 12.4 Å². The number of nitrogens with one attached hydrogen (secondary N) is 1. The van der Waals surface area contributed by atoms with Crippen LogP contribution >= 0.6 is 12.4 Å². The van der Waals surface area contributed by atoms with Crippen LogP contribution in [0.2, 0.25) is 0 Å². The molecule has 2 aromatic carbocycles. The van der Waals surface area contributed by atoms with Crippen molar-refractivity contribution < 1.29 is 4.79 Å². The predicted octanol–water partition coefficient (Wildman–Crippen LogP) is 4.14. The molecule has 1 amide bonds. The molecule has 4 rings (SSSR count). The van der Waals surface area contributed by atoms with Gasteiger partial charge >= 0.3 is 0 Å². The molecule has 126 valence electrons. The number of hydrogen-bond acceptors (Lipinski definition) is 2. The fourth-order valence-corrected chi connectivity index (χ4v) is 3.93. The van der Waals surface area contributed by atoms with E-state index in [1.165, 1.54) is 22.3 Å². The topological polar surface area (TPSA) is 55.1 Å². The lowest BCUT2D eigenvalue weighted by molar-refractivity contribution is -0.120. The second-order valence-corrected chi connectivity index (χ2v) is 6.82. The maximum atomic E-state index is 12.5. The van der Waals surface area contributed by atoms with Crippen LogP contribution in [-0.2, 0) is 11.2 Å². The second kappa shape index (κ2) is 6.96. The van der Waals surface area contributed by atoms with E-state index < -0.39 is 0 Å². The first-order chi connectivity index (χ1) is 11.2.